The maximum absolute atomic E-state index is 12.4. The number of hydrogen-bond acceptors (Lipinski definition) is 3. The minimum absolute atomic E-state index is 0.0786. The number of nitrogens with zero attached hydrogens (tertiary/aromatic N) is 1. The van der Waals surface area contributed by atoms with Crippen molar-refractivity contribution in [3.63, 3.8) is 0 Å². The van der Waals surface area contributed by atoms with Crippen LogP contribution in [0.1, 0.15) is 29.0 Å². The van der Waals surface area contributed by atoms with Crippen molar-refractivity contribution in [3.05, 3.63) is 79.8 Å². The van der Waals surface area contributed by atoms with Crippen LogP contribution >= 0.6 is 15.9 Å². The third-order valence-electron chi connectivity index (χ3n) is 4.89. The smallest absolute Gasteiger partial charge is 0.272 e. The molecule has 3 aromatic carbocycles. The van der Waals surface area contributed by atoms with Crippen LogP contribution in [0, 0.1) is 17.0 Å². The molecule has 0 fully saturated rings. The molecule has 0 radical (unpaired) electrons. The van der Waals surface area contributed by atoms with Gasteiger partial charge in [0.05, 0.1) is 10.6 Å². The molecule has 1 heterocycles. The molecule has 0 aromatic heterocycles. The molecule has 1 amide bonds. The number of nitro benzene ring substituents is 1. The van der Waals surface area contributed by atoms with Crippen molar-refractivity contribution in [3.8, 4) is 0 Å². The number of carbonyl (C=O) groups is 1. The molecule has 0 saturated carbocycles. The van der Waals surface area contributed by atoms with Gasteiger partial charge in [-0.1, -0.05) is 52.3 Å². The standard InChI is InChI=1S/C20H15BrN2O3/c1-11-6-7-12(8-18(11)23(25)26)15-10-19(24)22-20-14-5-3-2-4-13(14)17(21)9-16(15)20/h2-9,15H,10H2,1H3,(H,22,24)/t15-/m0/s1. The molecule has 0 unspecified atom stereocenters. The van der Waals surface area contributed by atoms with Gasteiger partial charge in [0.1, 0.15) is 0 Å². The summed E-state index contributed by atoms with van der Waals surface area (Å²) in [5.41, 5.74) is 3.22. The highest BCUT2D eigenvalue weighted by atomic mass is 79.9. The number of hydrogen-bond donors (Lipinski definition) is 1. The molecule has 1 aliphatic rings. The molecule has 1 atom stereocenters. The van der Waals surface area contributed by atoms with E-state index in [2.05, 4.69) is 21.2 Å². The fraction of sp³-hybridized carbons (Fsp3) is 0.150. The molecule has 0 aliphatic carbocycles. The third-order valence-corrected chi connectivity index (χ3v) is 5.54. The molecular weight excluding hydrogens is 396 g/mol. The van der Waals surface area contributed by atoms with Crippen molar-refractivity contribution in [1.82, 2.24) is 0 Å². The van der Waals surface area contributed by atoms with Gasteiger partial charge in [0, 0.05) is 33.8 Å². The molecule has 0 bridgehead atoms. The number of benzene rings is 3. The van der Waals surface area contributed by atoms with Crippen LogP contribution < -0.4 is 5.32 Å². The molecule has 0 saturated heterocycles. The number of carbonyl (C=O) groups excluding carboxylic acids is 1. The van der Waals surface area contributed by atoms with E-state index < -0.39 is 0 Å². The summed E-state index contributed by atoms with van der Waals surface area (Å²) in [7, 11) is 0. The first-order valence-corrected chi connectivity index (χ1v) is 9.01. The highest BCUT2D eigenvalue weighted by Gasteiger charge is 2.29. The minimum atomic E-state index is -0.376. The Labute approximate surface area is 158 Å². The van der Waals surface area contributed by atoms with E-state index >= 15 is 0 Å². The van der Waals surface area contributed by atoms with Gasteiger partial charge in [-0.3, -0.25) is 14.9 Å². The van der Waals surface area contributed by atoms with E-state index in [0.717, 1.165) is 32.1 Å². The van der Waals surface area contributed by atoms with Crippen molar-refractivity contribution in [1.29, 1.82) is 0 Å². The maximum atomic E-state index is 12.4. The monoisotopic (exact) mass is 410 g/mol. The van der Waals surface area contributed by atoms with E-state index in [4.69, 9.17) is 0 Å². The zero-order chi connectivity index (χ0) is 18.4. The van der Waals surface area contributed by atoms with Gasteiger partial charge in [-0.05, 0) is 29.5 Å². The van der Waals surface area contributed by atoms with Crippen LogP contribution in [0.15, 0.2) is 53.0 Å². The number of halogens is 1. The number of amides is 1. The Morgan fingerprint density at radius 1 is 1.15 bits per heavy atom. The Morgan fingerprint density at radius 3 is 2.62 bits per heavy atom. The Morgan fingerprint density at radius 2 is 1.88 bits per heavy atom. The summed E-state index contributed by atoms with van der Waals surface area (Å²) < 4.78 is 0.939. The average Bonchev–Trinajstić information content (AvgIpc) is 2.62. The van der Waals surface area contributed by atoms with Crippen LogP contribution in [-0.2, 0) is 4.79 Å². The van der Waals surface area contributed by atoms with Gasteiger partial charge in [-0.2, -0.15) is 0 Å². The molecule has 4 rings (SSSR count). The normalized spacial score (nSPS) is 16.2. The zero-order valence-electron chi connectivity index (χ0n) is 14.0. The van der Waals surface area contributed by atoms with Gasteiger partial charge < -0.3 is 5.32 Å². The number of fused-ring (bicyclic) bond motifs is 3. The predicted octanol–water partition coefficient (Wildman–Crippen LogP) is 5.29. The van der Waals surface area contributed by atoms with Gasteiger partial charge in [0.2, 0.25) is 5.91 Å². The summed E-state index contributed by atoms with van der Waals surface area (Å²) >= 11 is 3.62. The van der Waals surface area contributed by atoms with Crippen LogP contribution in [0.5, 0.6) is 0 Å². The SMILES string of the molecule is Cc1ccc([C@@H]2CC(=O)Nc3c2cc(Br)c2ccccc32)cc1[N+](=O)[O-]. The van der Waals surface area contributed by atoms with Gasteiger partial charge in [0.25, 0.3) is 5.69 Å². The Hall–Kier alpha value is -2.73. The quantitative estimate of drug-likeness (QED) is 0.460. The van der Waals surface area contributed by atoms with Crippen molar-refractivity contribution in [2.45, 2.75) is 19.3 Å². The number of rotatable bonds is 2. The summed E-state index contributed by atoms with van der Waals surface area (Å²) in [5, 5.41) is 16.3. The fourth-order valence-electron chi connectivity index (χ4n) is 3.59. The van der Waals surface area contributed by atoms with E-state index in [1.807, 2.05) is 36.4 Å². The van der Waals surface area contributed by atoms with E-state index in [1.165, 1.54) is 0 Å². The Balaban J connectivity index is 1.95. The zero-order valence-corrected chi connectivity index (χ0v) is 15.5. The van der Waals surface area contributed by atoms with Gasteiger partial charge >= 0.3 is 0 Å². The second-order valence-corrected chi connectivity index (χ2v) is 7.33. The van der Waals surface area contributed by atoms with Crippen molar-refractivity contribution in [2.75, 3.05) is 5.32 Å². The lowest BCUT2D eigenvalue weighted by molar-refractivity contribution is -0.385. The van der Waals surface area contributed by atoms with E-state index in [0.29, 0.717) is 5.56 Å². The Kier molecular flexibility index (Phi) is 4.00. The lowest BCUT2D eigenvalue weighted by atomic mass is 9.83. The summed E-state index contributed by atoms with van der Waals surface area (Å²) in [6, 6.07) is 15.1. The molecule has 5 nitrogen and oxygen atoms in total. The molecule has 3 aromatic rings. The minimum Gasteiger partial charge on any atom is -0.325 e. The number of aryl methyl sites for hydroxylation is 1. The second-order valence-electron chi connectivity index (χ2n) is 6.48. The van der Waals surface area contributed by atoms with Crippen LogP contribution in [0.4, 0.5) is 11.4 Å². The predicted molar refractivity (Wildman–Crippen MR) is 105 cm³/mol. The van der Waals surface area contributed by atoms with Crippen LogP contribution in [0.3, 0.4) is 0 Å². The average molecular weight is 411 g/mol. The number of nitro groups is 1. The topological polar surface area (TPSA) is 72.2 Å². The molecule has 6 heteroatoms. The fourth-order valence-corrected chi connectivity index (χ4v) is 4.18. The summed E-state index contributed by atoms with van der Waals surface area (Å²) in [6.45, 7) is 1.72. The maximum Gasteiger partial charge on any atom is 0.272 e. The molecule has 130 valence electrons. The van der Waals surface area contributed by atoms with Crippen LogP contribution in [0.2, 0.25) is 0 Å². The molecule has 1 N–H and O–H groups in total. The van der Waals surface area contributed by atoms with Crippen LogP contribution in [0.25, 0.3) is 10.8 Å². The van der Waals surface area contributed by atoms with E-state index in [1.54, 1.807) is 19.1 Å². The molecule has 1 aliphatic heterocycles. The summed E-state index contributed by atoms with van der Waals surface area (Å²) in [4.78, 5) is 23.3. The molecular formula is C20H15BrN2O3. The van der Waals surface area contributed by atoms with Gasteiger partial charge in [-0.15, -0.1) is 0 Å². The lowest BCUT2D eigenvalue weighted by Crippen LogP contribution is -2.24. The van der Waals surface area contributed by atoms with Crippen molar-refractivity contribution < 1.29 is 9.72 Å². The van der Waals surface area contributed by atoms with Gasteiger partial charge in [-0.25, -0.2) is 0 Å². The first-order valence-electron chi connectivity index (χ1n) is 8.21. The highest BCUT2D eigenvalue weighted by molar-refractivity contribution is 9.10. The molecule has 0 spiro atoms. The highest BCUT2D eigenvalue weighted by Crippen LogP contribution is 2.44. The van der Waals surface area contributed by atoms with E-state index in [9.17, 15) is 14.9 Å². The lowest BCUT2D eigenvalue weighted by Gasteiger charge is -2.28. The van der Waals surface area contributed by atoms with E-state index in [-0.39, 0.29) is 28.9 Å². The summed E-state index contributed by atoms with van der Waals surface area (Å²) in [6.07, 6.45) is 0.262. The van der Waals surface area contributed by atoms with Crippen molar-refractivity contribution in [2.24, 2.45) is 0 Å². The third kappa shape index (κ3) is 2.66. The summed E-state index contributed by atoms with van der Waals surface area (Å²) in [5.74, 6) is -0.308. The molecule has 26 heavy (non-hydrogen) atoms. The van der Waals surface area contributed by atoms with Crippen LogP contribution in [-0.4, -0.2) is 10.8 Å². The van der Waals surface area contributed by atoms with Gasteiger partial charge in [0.15, 0.2) is 0 Å². The first-order chi connectivity index (χ1) is 12.5. The largest absolute Gasteiger partial charge is 0.325 e. The number of anilines is 1. The second kappa shape index (κ2) is 6.21. The Bertz CT molecular complexity index is 1080. The van der Waals surface area contributed by atoms with Crippen molar-refractivity contribution >= 4 is 44.0 Å². The number of nitrogens with one attached hydrogen (secondary N) is 1. The first kappa shape index (κ1) is 16.7.